The lowest BCUT2D eigenvalue weighted by Crippen LogP contribution is -2.47. The van der Waals surface area contributed by atoms with E-state index < -0.39 is 17.5 Å². The smallest absolute Gasteiger partial charge is 0.322 e. The first-order chi connectivity index (χ1) is 19.4. The zero-order valence-corrected chi connectivity index (χ0v) is 23.5. The van der Waals surface area contributed by atoms with Gasteiger partial charge in [0.25, 0.3) is 0 Å². The maximum Gasteiger partial charge on any atom is 0.322 e. The molecule has 1 aromatic heterocycles. The van der Waals surface area contributed by atoms with Crippen molar-refractivity contribution < 1.29 is 23.6 Å². The van der Waals surface area contributed by atoms with Crippen molar-refractivity contribution in [2.45, 2.75) is 39.7 Å². The van der Waals surface area contributed by atoms with Gasteiger partial charge in [0.1, 0.15) is 18.1 Å². The average molecular weight is 560 g/mol. The van der Waals surface area contributed by atoms with Gasteiger partial charge in [-0.1, -0.05) is 52.3 Å². The monoisotopic (exact) mass is 559 g/mol. The summed E-state index contributed by atoms with van der Waals surface area (Å²) in [7, 11) is 0. The molecule has 5 rings (SSSR count). The molecule has 3 aromatic carbocycles. The van der Waals surface area contributed by atoms with E-state index in [-0.39, 0.29) is 13.1 Å². The van der Waals surface area contributed by atoms with E-state index >= 15 is 0 Å². The first kappa shape index (κ1) is 27.8. The van der Waals surface area contributed by atoms with Crippen molar-refractivity contribution in [1.82, 2.24) is 9.29 Å². The van der Waals surface area contributed by atoms with Crippen LogP contribution in [0, 0.1) is 13.8 Å². The Hall–Kier alpha value is -3.79. The van der Waals surface area contributed by atoms with Crippen LogP contribution in [-0.4, -0.2) is 44.6 Å². The van der Waals surface area contributed by atoms with E-state index in [1.54, 1.807) is 4.31 Å². The van der Waals surface area contributed by atoms with E-state index in [0.29, 0.717) is 31.2 Å². The number of carboxylic acids is 1. The fourth-order valence-electron chi connectivity index (χ4n) is 4.76. The third-order valence-corrected chi connectivity index (χ3v) is 8.33. The summed E-state index contributed by atoms with van der Waals surface area (Å²) in [5.41, 5.74) is 5.87. The summed E-state index contributed by atoms with van der Waals surface area (Å²) >= 11 is -1.63. The van der Waals surface area contributed by atoms with E-state index in [2.05, 4.69) is 4.98 Å². The van der Waals surface area contributed by atoms with Gasteiger partial charge >= 0.3 is 5.97 Å². The van der Waals surface area contributed by atoms with Gasteiger partial charge in [0.05, 0.1) is 31.1 Å². The number of rotatable bonds is 11. The molecule has 1 atom stereocenters. The molecule has 0 saturated carbocycles. The lowest BCUT2D eigenvalue weighted by Gasteiger charge is -2.34. The van der Waals surface area contributed by atoms with Crippen molar-refractivity contribution in [3.63, 3.8) is 0 Å². The third-order valence-electron chi connectivity index (χ3n) is 6.87. The molecule has 0 aliphatic carbocycles. The van der Waals surface area contributed by atoms with Crippen LogP contribution in [0.15, 0.2) is 77.2 Å². The van der Waals surface area contributed by atoms with Crippen LogP contribution in [0.1, 0.15) is 34.6 Å². The lowest BCUT2D eigenvalue weighted by atomic mass is 10.0. The second-order valence-corrected chi connectivity index (χ2v) is 11.3. The van der Waals surface area contributed by atoms with Crippen LogP contribution in [-0.2, 0) is 35.7 Å². The van der Waals surface area contributed by atoms with Gasteiger partial charge in [0.2, 0.25) is 5.89 Å². The normalized spacial score (nSPS) is 13.8. The van der Waals surface area contributed by atoms with E-state index in [0.717, 1.165) is 46.7 Å². The third kappa shape index (κ3) is 6.67. The van der Waals surface area contributed by atoms with Gasteiger partial charge in [0, 0.05) is 12.0 Å². The Morgan fingerprint density at radius 1 is 1.10 bits per heavy atom. The number of benzene rings is 3. The van der Waals surface area contributed by atoms with Gasteiger partial charge < -0.3 is 18.8 Å². The van der Waals surface area contributed by atoms with Gasteiger partial charge in [-0.3, -0.25) is 4.79 Å². The second-order valence-electron chi connectivity index (χ2n) is 9.89. The Morgan fingerprint density at radius 2 is 1.85 bits per heavy atom. The van der Waals surface area contributed by atoms with Gasteiger partial charge in [-0.25, -0.2) is 4.98 Å². The molecule has 1 N–H and O–H groups in total. The molecule has 0 radical (unpaired) electrons. The summed E-state index contributed by atoms with van der Waals surface area (Å²) in [6.07, 6.45) is 2.40. The molecule has 1 unspecified atom stereocenters. The van der Waals surface area contributed by atoms with Crippen molar-refractivity contribution in [3.8, 4) is 17.2 Å². The number of nitrogens with zero attached hydrogens (tertiary/aromatic N) is 3. The van der Waals surface area contributed by atoms with Crippen LogP contribution in [0.3, 0.4) is 0 Å². The number of oxazole rings is 1. The van der Waals surface area contributed by atoms with Gasteiger partial charge in [-0.05, 0) is 68.1 Å². The zero-order chi connectivity index (χ0) is 28.1. The molecule has 0 amide bonds. The largest absolute Gasteiger partial charge is 0.573 e. The van der Waals surface area contributed by atoms with Crippen LogP contribution < -0.4 is 9.04 Å². The number of carboxylic acid groups (broad SMARTS) is 1. The first-order valence-corrected chi connectivity index (χ1v) is 14.4. The second kappa shape index (κ2) is 12.6. The molecule has 1 aliphatic heterocycles. The Balaban J connectivity index is 1.19. The molecule has 2 heterocycles. The Labute approximate surface area is 237 Å². The number of aryl methyl sites for hydroxylation is 3. The van der Waals surface area contributed by atoms with Crippen molar-refractivity contribution in [2.24, 2.45) is 0 Å². The summed E-state index contributed by atoms with van der Waals surface area (Å²) in [5.74, 6) is 1.05. The van der Waals surface area contributed by atoms with E-state index in [9.17, 15) is 14.5 Å². The molecular formula is C31H33N3O5S. The Bertz CT molecular complexity index is 1440. The topological polar surface area (TPSA) is 102 Å². The highest BCUT2D eigenvalue weighted by Crippen LogP contribution is 2.31. The fourth-order valence-corrected chi connectivity index (χ4v) is 6.15. The molecule has 0 fully saturated rings. The highest BCUT2D eigenvalue weighted by molar-refractivity contribution is 7.90. The minimum atomic E-state index is -1.63. The molecule has 1 aliphatic rings. The molecule has 0 spiro atoms. The van der Waals surface area contributed by atoms with Crippen molar-refractivity contribution in [3.05, 3.63) is 101 Å². The molecule has 0 saturated heterocycles. The summed E-state index contributed by atoms with van der Waals surface area (Å²) < 4.78 is 28.6. The highest BCUT2D eigenvalue weighted by Gasteiger charge is 2.33. The van der Waals surface area contributed by atoms with Crippen molar-refractivity contribution in [1.29, 1.82) is 0 Å². The number of anilines is 1. The number of hydrogen-bond donors (Lipinski definition) is 1. The predicted molar refractivity (Wildman–Crippen MR) is 155 cm³/mol. The van der Waals surface area contributed by atoms with E-state index in [1.165, 1.54) is 9.87 Å². The van der Waals surface area contributed by atoms with Gasteiger partial charge in [0.15, 0.2) is 11.5 Å². The van der Waals surface area contributed by atoms with Crippen molar-refractivity contribution >= 4 is 23.2 Å². The molecule has 40 heavy (non-hydrogen) atoms. The molecule has 208 valence electrons. The number of aromatic nitrogens is 1. The maximum absolute atomic E-state index is 13.5. The Morgan fingerprint density at radius 3 is 2.60 bits per heavy atom. The fraction of sp³-hybridized carbons (Fsp3) is 0.290. The minimum absolute atomic E-state index is 0.234. The number of ether oxygens (including phenoxy) is 1. The molecule has 0 bridgehead atoms. The van der Waals surface area contributed by atoms with Gasteiger partial charge in [-0.2, -0.15) is 4.31 Å². The molecule has 8 nitrogen and oxygen atoms in total. The Kier molecular flexibility index (Phi) is 8.74. The van der Waals surface area contributed by atoms with Crippen LogP contribution in [0.2, 0.25) is 0 Å². The number of para-hydroxylation sites is 1. The maximum atomic E-state index is 13.5. The SMILES string of the molecule is Cc1ccc(-c2nc(CCOc3ccc(CN(CC(=O)O)[S+]([O-])N4CCCc5ccccc54)cc3)c(C)o2)cc1. The number of fused-ring (bicyclic) bond motifs is 1. The predicted octanol–water partition coefficient (Wildman–Crippen LogP) is 5.50. The molecule has 4 aromatic rings. The van der Waals surface area contributed by atoms with Crippen LogP contribution in [0.5, 0.6) is 5.75 Å². The van der Waals surface area contributed by atoms with Crippen LogP contribution in [0.25, 0.3) is 11.5 Å². The van der Waals surface area contributed by atoms with E-state index in [1.807, 2.05) is 86.6 Å². The highest BCUT2D eigenvalue weighted by atomic mass is 32.2. The first-order valence-electron chi connectivity index (χ1n) is 13.4. The average Bonchev–Trinajstić information content (AvgIpc) is 3.33. The van der Waals surface area contributed by atoms with Gasteiger partial charge in [-0.15, -0.1) is 0 Å². The molecule has 9 heteroatoms. The number of aliphatic carboxylic acids is 1. The van der Waals surface area contributed by atoms with Crippen LogP contribution in [0.4, 0.5) is 5.69 Å². The minimum Gasteiger partial charge on any atom is -0.573 e. The van der Waals surface area contributed by atoms with Crippen molar-refractivity contribution in [2.75, 3.05) is 24.0 Å². The zero-order valence-electron chi connectivity index (χ0n) is 22.7. The number of carbonyl (C=O) groups is 1. The molecular weight excluding hydrogens is 526 g/mol. The summed E-state index contributed by atoms with van der Waals surface area (Å²) in [6, 6.07) is 23.4. The lowest BCUT2D eigenvalue weighted by molar-refractivity contribution is -0.137. The van der Waals surface area contributed by atoms with Crippen LogP contribution >= 0.6 is 0 Å². The summed E-state index contributed by atoms with van der Waals surface area (Å²) in [4.78, 5) is 16.3. The standard InChI is InChI=1S/C31H33N3O5S/c1-22-9-13-26(14-10-22)31-32-28(23(2)39-31)17-19-38-27-15-11-24(12-16-27)20-33(21-30(35)36)40(37)34-18-5-7-25-6-3-4-8-29(25)34/h3-4,6,8-16H,5,7,17-21H2,1-2H3,(H,35,36). The quantitative estimate of drug-likeness (QED) is 0.241. The summed E-state index contributed by atoms with van der Waals surface area (Å²) in [6.45, 7) is 4.91. The summed E-state index contributed by atoms with van der Waals surface area (Å²) in [5, 5.41) is 9.51. The van der Waals surface area contributed by atoms with E-state index in [4.69, 9.17) is 9.15 Å². The number of hydrogen-bond acceptors (Lipinski definition) is 7.